The topological polar surface area (TPSA) is 113 Å². The van der Waals surface area contributed by atoms with Crippen molar-refractivity contribution in [2.45, 2.75) is 109 Å². The van der Waals surface area contributed by atoms with Gasteiger partial charge >= 0.3 is 12.1 Å². The van der Waals surface area contributed by atoms with Crippen molar-refractivity contribution < 1.29 is 37.1 Å². The minimum atomic E-state index is -5.00. The fourth-order valence-corrected chi connectivity index (χ4v) is 7.06. The van der Waals surface area contributed by atoms with Crippen molar-refractivity contribution in [2.24, 2.45) is 17.8 Å². The largest absolute Gasteiger partial charge is 0.481 e. The Bertz CT molecular complexity index is 1310. The highest BCUT2D eigenvalue weighted by molar-refractivity contribution is 6.01. The van der Waals surface area contributed by atoms with Crippen LogP contribution in [0.1, 0.15) is 119 Å². The van der Waals surface area contributed by atoms with Crippen molar-refractivity contribution in [1.82, 2.24) is 15.1 Å². The van der Waals surface area contributed by atoms with Crippen LogP contribution in [0.4, 0.5) is 23.2 Å². The molecule has 242 valence electrons. The molecule has 1 heterocycles. The van der Waals surface area contributed by atoms with Gasteiger partial charge in [-0.25, -0.2) is 4.39 Å². The number of alkyl halides is 3. The molecule has 1 aromatic heterocycles. The third-order valence-corrected chi connectivity index (χ3v) is 9.27. The molecule has 2 aliphatic rings. The van der Waals surface area contributed by atoms with E-state index in [0.29, 0.717) is 12.1 Å². The lowest BCUT2D eigenvalue weighted by Crippen LogP contribution is -2.53. The molecule has 12 heteroatoms. The number of carboxylic acids is 1. The number of halogens is 4. The molecular weight excluding hydrogens is 580 g/mol. The lowest BCUT2D eigenvalue weighted by atomic mass is 9.66. The van der Waals surface area contributed by atoms with Crippen molar-refractivity contribution >= 4 is 23.5 Å². The van der Waals surface area contributed by atoms with Gasteiger partial charge in [-0.2, -0.15) is 18.3 Å². The molecule has 2 saturated carbocycles. The SMILES string of the molecule is CC(C(=O)O)c1cc(F)c(NC(=O)[C@@H](NC(=O)c2ccnn2C(C)C)C(C2CCCCC2)C2CCCCC2)cc1C(F)(F)F. The Morgan fingerprint density at radius 1 is 0.955 bits per heavy atom. The van der Waals surface area contributed by atoms with E-state index in [2.05, 4.69) is 15.7 Å². The normalized spacial score (nSPS) is 18.3. The van der Waals surface area contributed by atoms with E-state index in [0.717, 1.165) is 71.1 Å². The van der Waals surface area contributed by atoms with E-state index in [1.807, 2.05) is 13.8 Å². The lowest BCUT2D eigenvalue weighted by molar-refractivity contribution is -0.141. The molecule has 2 aliphatic carbocycles. The van der Waals surface area contributed by atoms with Crippen molar-refractivity contribution in [1.29, 1.82) is 0 Å². The average Bonchev–Trinajstić information content (AvgIpc) is 3.48. The van der Waals surface area contributed by atoms with Crippen LogP contribution in [0.25, 0.3) is 0 Å². The number of nitrogens with zero attached hydrogens (tertiary/aromatic N) is 2. The van der Waals surface area contributed by atoms with Crippen LogP contribution in [0.15, 0.2) is 24.4 Å². The molecule has 3 N–H and O–H groups in total. The Hall–Kier alpha value is -3.44. The number of hydrogen-bond acceptors (Lipinski definition) is 4. The number of aromatic nitrogens is 2. The van der Waals surface area contributed by atoms with Crippen LogP contribution in [0, 0.1) is 23.6 Å². The van der Waals surface area contributed by atoms with E-state index in [-0.39, 0.29) is 29.5 Å². The first-order valence-corrected chi connectivity index (χ1v) is 15.6. The number of anilines is 1. The van der Waals surface area contributed by atoms with Crippen molar-refractivity contribution in [3.8, 4) is 0 Å². The number of amides is 2. The summed E-state index contributed by atoms with van der Waals surface area (Å²) < 4.78 is 59.0. The summed E-state index contributed by atoms with van der Waals surface area (Å²) in [6, 6.07) is 1.22. The van der Waals surface area contributed by atoms with E-state index < -0.39 is 58.6 Å². The summed E-state index contributed by atoms with van der Waals surface area (Å²) in [5, 5.41) is 18.8. The Morgan fingerprint density at radius 3 is 2.02 bits per heavy atom. The lowest BCUT2D eigenvalue weighted by Gasteiger charge is -2.42. The van der Waals surface area contributed by atoms with Gasteiger partial charge < -0.3 is 15.7 Å². The third kappa shape index (κ3) is 7.61. The van der Waals surface area contributed by atoms with Gasteiger partial charge in [-0.3, -0.25) is 19.1 Å². The van der Waals surface area contributed by atoms with Gasteiger partial charge in [-0.05, 0) is 62.3 Å². The second kappa shape index (κ2) is 14.1. The van der Waals surface area contributed by atoms with Crippen LogP contribution in [0.5, 0.6) is 0 Å². The molecule has 44 heavy (non-hydrogen) atoms. The van der Waals surface area contributed by atoms with Gasteiger partial charge in [0.2, 0.25) is 5.91 Å². The Labute approximate surface area is 255 Å². The number of carbonyl (C=O) groups is 3. The summed E-state index contributed by atoms with van der Waals surface area (Å²) in [7, 11) is 0. The van der Waals surface area contributed by atoms with Gasteiger partial charge in [-0.15, -0.1) is 0 Å². The second-order valence-corrected chi connectivity index (χ2v) is 12.5. The van der Waals surface area contributed by atoms with E-state index in [1.165, 1.54) is 16.9 Å². The molecule has 4 rings (SSSR count). The predicted molar refractivity (Wildman–Crippen MR) is 157 cm³/mol. The van der Waals surface area contributed by atoms with E-state index in [9.17, 15) is 32.7 Å². The molecule has 2 fully saturated rings. The molecule has 0 bridgehead atoms. The fourth-order valence-electron chi connectivity index (χ4n) is 7.06. The molecule has 0 radical (unpaired) electrons. The number of nitrogens with one attached hydrogen (secondary N) is 2. The van der Waals surface area contributed by atoms with Crippen LogP contribution < -0.4 is 10.6 Å². The van der Waals surface area contributed by atoms with E-state index >= 15 is 4.39 Å². The van der Waals surface area contributed by atoms with Crippen molar-refractivity contribution in [2.75, 3.05) is 5.32 Å². The van der Waals surface area contributed by atoms with Gasteiger partial charge in [0.1, 0.15) is 17.6 Å². The van der Waals surface area contributed by atoms with Crippen LogP contribution in [-0.4, -0.2) is 38.7 Å². The molecule has 1 unspecified atom stereocenters. The Morgan fingerprint density at radius 2 is 1.52 bits per heavy atom. The highest BCUT2D eigenvalue weighted by atomic mass is 19.4. The molecule has 0 aliphatic heterocycles. The highest BCUT2D eigenvalue weighted by Gasteiger charge is 2.42. The van der Waals surface area contributed by atoms with E-state index in [4.69, 9.17) is 0 Å². The van der Waals surface area contributed by atoms with Crippen LogP contribution in [0.3, 0.4) is 0 Å². The van der Waals surface area contributed by atoms with Gasteiger partial charge in [0.15, 0.2) is 0 Å². The second-order valence-electron chi connectivity index (χ2n) is 12.5. The summed E-state index contributed by atoms with van der Waals surface area (Å²) in [5.74, 6) is -5.81. The van der Waals surface area contributed by atoms with Gasteiger partial charge in [-0.1, -0.05) is 64.2 Å². The minimum absolute atomic E-state index is 0.104. The quantitative estimate of drug-likeness (QED) is 0.240. The molecule has 2 aromatic rings. The average molecular weight is 623 g/mol. The van der Waals surface area contributed by atoms with E-state index in [1.54, 1.807) is 0 Å². The van der Waals surface area contributed by atoms with Crippen LogP contribution in [-0.2, 0) is 15.8 Å². The summed E-state index contributed by atoms with van der Waals surface area (Å²) >= 11 is 0. The van der Waals surface area contributed by atoms with Gasteiger partial charge in [0.05, 0.1) is 17.2 Å². The first-order chi connectivity index (χ1) is 20.8. The fraction of sp³-hybridized carbons (Fsp3) is 0.625. The summed E-state index contributed by atoms with van der Waals surface area (Å²) in [6.45, 7) is 4.75. The maximum atomic E-state index is 15.3. The number of carbonyl (C=O) groups excluding carboxylic acids is 2. The third-order valence-electron chi connectivity index (χ3n) is 9.27. The van der Waals surface area contributed by atoms with Crippen molar-refractivity contribution in [3.63, 3.8) is 0 Å². The molecule has 0 spiro atoms. The molecule has 1 aromatic carbocycles. The summed E-state index contributed by atoms with van der Waals surface area (Å²) in [4.78, 5) is 39.3. The summed E-state index contributed by atoms with van der Waals surface area (Å²) in [5.41, 5.74) is -2.57. The van der Waals surface area contributed by atoms with Gasteiger partial charge in [0.25, 0.3) is 5.91 Å². The Kier molecular flexibility index (Phi) is 10.7. The molecular formula is C32H42F4N4O4. The first kappa shape index (κ1) is 33.5. The van der Waals surface area contributed by atoms with Crippen LogP contribution >= 0.6 is 0 Å². The monoisotopic (exact) mass is 622 g/mol. The predicted octanol–water partition coefficient (Wildman–Crippen LogP) is 7.32. The number of carboxylic acid groups (broad SMARTS) is 1. The zero-order valence-electron chi connectivity index (χ0n) is 25.4. The smallest absolute Gasteiger partial charge is 0.416 e. The van der Waals surface area contributed by atoms with Crippen molar-refractivity contribution in [3.05, 3.63) is 47.0 Å². The number of rotatable bonds is 10. The van der Waals surface area contributed by atoms with Crippen LogP contribution in [0.2, 0.25) is 0 Å². The number of hydrogen-bond donors (Lipinski definition) is 3. The maximum absolute atomic E-state index is 15.3. The molecule has 0 saturated heterocycles. The standard InChI is InChI=1S/C32H42F4N4O4/c1-18(2)40-26(14-15-37-40)29(41)39-28(27(20-10-6-4-7-11-20)21-12-8-5-9-13-21)30(42)38-25-17-23(32(34,35)36)22(16-24(25)33)19(3)31(43)44/h14-21,27-28H,4-13H2,1-3H3,(H,38,42)(H,39,41)(H,43,44)/t19?,28-/m0/s1. The molecule has 2 atom stereocenters. The molecule has 2 amide bonds. The maximum Gasteiger partial charge on any atom is 0.416 e. The highest BCUT2D eigenvalue weighted by Crippen LogP contribution is 2.43. The Balaban J connectivity index is 1.75. The number of aliphatic carboxylic acids is 1. The van der Waals surface area contributed by atoms with Gasteiger partial charge in [0, 0.05) is 12.2 Å². The minimum Gasteiger partial charge on any atom is -0.481 e. The molecule has 8 nitrogen and oxygen atoms in total. The first-order valence-electron chi connectivity index (χ1n) is 15.6. The zero-order valence-corrected chi connectivity index (χ0v) is 25.4. The zero-order chi connectivity index (χ0) is 32.2. The number of benzene rings is 1. The summed E-state index contributed by atoms with van der Waals surface area (Å²) in [6.07, 6.45) is 5.96.